The first kappa shape index (κ1) is 17.7. The number of amides is 2. The van der Waals surface area contributed by atoms with Crippen molar-refractivity contribution >= 4 is 29.1 Å². The number of halogens is 1. The molecule has 6 nitrogen and oxygen atoms in total. The van der Waals surface area contributed by atoms with Crippen molar-refractivity contribution in [2.75, 3.05) is 25.2 Å². The van der Waals surface area contributed by atoms with E-state index in [9.17, 15) is 9.59 Å². The summed E-state index contributed by atoms with van der Waals surface area (Å²) >= 11 is 6.17. The van der Waals surface area contributed by atoms with Crippen LogP contribution in [0.5, 0.6) is 11.5 Å². The van der Waals surface area contributed by atoms with E-state index in [0.29, 0.717) is 33.3 Å². The molecule has 27 heavy (non-hydrogen) atoms. The Hall–Kier alpha value is -2.73. The first-order valence-corrected chi connectivity index (χ1v) is 9.22. The molecule has 0 aromatic heterocycles. The zero-order valence-electron chi connectivity index (χ0n) is 14.9. The van der Waals surface area contributed by atoms with Crippen LogP contribution in [0.4, 0.5) is 5.69 Å². The Bertz CT molecular complexity index is 922. The molecular formula is C20H19ClN2O4. The van der Waals surface area contributed by atoms with E-state index in [0.717, 1.165) is 31.5 Å². The molecule has 0 bridgehead atoms. The van der Waals surface area contributed by atoms with E-state index in [1.807, 2.05) is 24.0 Å². The van der Waals surface area contributed by atoms with Gasteiger partial charge in [0, 0.05) is 18.7 Å². The number of nitrogens with one attached hydrogen (secondary N) is 1. The predicted octanol–water partition coefficient (Wildman–Crippen LogP) is 3.87. The molecule has 0 unspecified atom stereocenters. The van der Waals surface area contributed by atoms with Gasteiger partial charge in [-0.05, 0) is 43.5 Å². The molecule has 2 aromatic rings. The lowest BCUT2D eigenvalue weighted by Crippen LogP contribution is -2.29. The third kappa shape index (κ3) is 3.32. The number of ether oxygens (including phenoxy) is 2. The van der Waals surface area contributed by atoms with Gasteiger partial charge in [0.15, 0.2) is 11.5 Å². The Kier molecular flexibility index (Phi) is 4.66. The van der Waals surface area contributed by atoms with Crippen LogP contribution in [0, 0.1) is 6.92 Å². The molecular weight excluding hydrogens is 368 g/mol. The molecule has 1 N–H and O–H groups in total. The molecule has 0 aliphatic carbocycles. The second-order valence-corrected chi connectivity index (χ2v) is 7.05. The van der Waals surface area contributed by atoms with E-state index in [1.54, 1.807) is 12.1 Å². The molecule has 1 fully saturated rings. The molecule has 140 valence electrons. The normalized spacial score (nSPS) is 15.1. The van der Waals surface area contributed by atoms with Crippen LogP contribution in [-0.2, 0) is 0 Å². The van der Waals surface area contributed by atoms with Crippen LogP contribution in [-0.4, -0.2) is 36.6 Å². The summed E-state index contributed by atoms with van der Waals surface area (Å²) in [5.41, 5.74) is 2.18. The van der Waals surface area contributed by atoms with Crippen molar-refractivity contribution in [3.63, 3.8) is 0 Å². The van der Waals surface area contributed by atoms with Gasteiger partial charge >= 0.3 is 0 Å². The van der Waals surface area contributed by atoms with E-state index < -0.39 is 0 Å². The number of rotatable bonds is 3. The summed E-state index contributed by atoms with van der Waals surface area (Å²) in [7, 11) is 0. The Morgan fingerprint density at radius 3 is 2.70 bits per heavy atom. The second kappa shape index (κ2) is 7.12. The summed E-state index contributed by atoms with van der Waals surface area (Å²) in [6.07, 6.45) is 2.02. The summed E-state index contributed by atoms with van der Waals surface area (Å²) in [4.78, 5) is 27.5. The zero-order chi connectivity index (χ0) is 19.0. The van der Waals surface area contributed by atoms with Gasteiger partial charge in [-0.2, -0.15) is 0 Å². The van der Waals surface area contributed by atoms with Crippen LogP contribution >= 0.6 is 11.6 Å². The Morgan fingerprint density at radius 1 is 1.15 bits per heavy atom. The minimum absolute atomic E-state index is 0.0513. The number of nitrogens with zero attached hydrogens (tertiary/aromatic N) is 1. The van der Waals surface area contributed by atoms with E-state index in [-0.39, 0.29) is 18.6 Å². The number of aryl methyl sites for hydroxylation is 1. The van der Waals surface area contributed by atoms with Gasteiger partial charge in [0.05, 0.1) is 16.3 Å². The lowest BCUT2D eigenvalue weighted by Gasteiger charge is -2.19. The molecule has 7 heteroatoms. The van der Waals surface area contributed by atoms with Gasteiger partial charge in [-0.3, -0.25) is 9.59 Å². The van der Waals surface area contributed by atoms with E-state index >= 15 is 0 Å². The SMILES string of the molecule is Cc1cccc(NC(=O)c2cc(Cl)c3c(c2)OCO3)c1C(=O)N1CCCC1. The minimum atomic E-state index is -0.365. The number of carbonyl (C=O) groups is 2. The van der Waals surface area contributed by atoms with Crippen molar-refractivity contribution in [2.45, 2.75) is 19.8 Å². The predicted molar refractivity (Wildman–Crippen MR) is 102 cm³/mol. The average molecular weight is 387 g/mol. The maximum atomic E-state index is 12.9. The first-order valence-electron chi connectivity index (χ1n) is 8.84. The monoisotopic (exact) mass is 386 g/mol. The summed E-state index contributed by atoms with van der Waals surface area (Å²) in [6, 6.07) is 8.54. The van der Waals surface area contributed by atoms with Crippen LogP contribution in [0.15, 0.2) is 30.3 Å². The van der Waals surface area contributed by atoms with Crippen molar-refractivity contribution in [1.82, 2.24) is 4.90 Å². The highest BCUT2D eigenvalue weighted by Crippen LogP contribution is 2.40. The molecule has 2 aliphatic heterocycles. The standard InChI is InChI=1S/C20H19ClN2O4/c1-12-5-4-6-15(17(12)20(25)23-7-2-3-8-23)22-19(24)13-9-14(21)18-16(10-13)26-11-27-18/h4-6,9-10H,2-3,7-8,11H2,1H3,(H,22,24). The summed E-state index contributed by atoms with van der Waals surface area (Å²) < 4.78 is 10.6. The molecule has 2 aromatic carbocycles. The number of hydrogen-bond donors (Lipinski definition) is 1. The number of benzene rings is 2. The molecule has 2 amide bonds. The topological polar surface area (TPSA) is 67.9 Å². The molecule has 1 saturated heterocycles. The molecule has 0 atom stereocenters. The number of likely N-dealkylation sites (tertiary alicyclic amines) is 1. The molecule has 0 radical (unpaired) electrons. The van der Waals surface area contributed by atoms with E-state index in [4.69, 9.17) is 21.1 Å². The van der Waals surface area contributed by atoms with Crippen molar-refractivity contribution < 1.29 is 19.1 Å². The maximum Gasteiger partial charge on any atom is 0.256 e. The lowest BCUT2D eigenvalue weighted by atomic mass is 10.0. The van der Waals surface area contributed by atoms with Crippen molar-refractivity contribution in [3.05, 3.63) is 52.0 Å². The summed E-state index contributed by atoms with van der Waals surface area (Å²) in [5, 5.41) is 3.16. The number of carbonyl (C=O) groups excluding carboxylic acids is 2. The quantitative estimate of drug-likeness (QED) is 0.869. The van der Waals surface area contributed by atoms with E-state index in [2.05, 4.69) is 5.32 Å². The van der Waals surface area contributed by atoms with E-state index in [1.165, 1.54) is 6.07 Å². The molecule has 4 rings (SSSR count). The fourth-order valence-electron chi connectivity index (χ4n) is 3.43. The molecule has 2 heterocycles. The molecule has 0 spiro atoms. The van der Waals surface area contributed by atoms with Gasteiger partial charge in [-0.25, -0.2) is 0 Å². The van der Waals surface area contributed by atoms with Crippen LogP contribution in [0.25, 0.3) is 0 Å². The summed E-state index contributed by atoms with van der Waals surface area (Å²) in [5.74, 6) is 0.458. The van der Waals surface area contributed by atoms with Gasteiger partial charge < -0.3 is 19.7 Å². The fourth-order valence-corrected chi connectivity index (χ4v) is 3.69. The lowest BCUT2D eigenvalue weighted by molar-refractivity contribution is 0.0793. The maximum absolute atomic E-state index is 12.9. The minimum Gasteiger partial charge on any atom is -0.454 e. The van der Waals surface area contributed by atoms with Gasteiger partial charge in [0.25, 0.3) is 11.8 Å². The first-order chi connectivity index (χ1) is 13.0. The third-order valence-electron chi connectivity index (χ3n) is 4.82. The third-order valence-corrected chi connectivity index (χ3v) is 5.10. The average Bonchev–Trinajstić information content (AvgIpc) is 3.33. The Balaban J connectivity index is 1.63. The van der Waals surface area contributed by atoms with Crippen LogP contribution in [0.1, 0.15) is 39.1 Å². The highest BCUT2D eigenvalue weighted by molar-refractivity contribution is 6.33. The van der Waals surface area contributed by atoms with Crippen LogP contribution < -0.4 is 14.8 Å². The van der Waals surface area contributed by atoms with Gasteiger partial charge in [-0.15, -0.1) is 0 Å². The largest absolute Gasteiger partial charge is 0.454 e. The highest BCUT2D eigenvalue weighted by Gasteiger charge is 2.25. The highest BCUT2D eigenvalue weighted by atomic mass is 35.5. The molecule has 0 saturated carbocycles. The van der Waals surface area contributed by atoms with Crippen molar-refractivity contribution in [2.24, 2.45) is 0 Å². The number of fused-ring (bicyclic) bond motifs is 1. The Labute approximate surface area is 162 Å². The van der Waals surface area contributed by atoms with Crippen molar-refractivity contribution in [1.29, 1.82) is 0 Å². The van der Waals surface area contributed by atoms with Gasteiger partial charge in [0.2, 0.25) is 6.79 Å². The fraction of sp³-hybridized carbons (Fsp3) is 0.300. The van der Waals surface area contributed by atoms with Crippen LogP contribution in [0.3, 0.4) is 0 Å². The Morgan fingerprint density at radius 2 is 1.93 bits per heavy atom. The van der Waals surface area contributed by atoms with Crippen molar-refractivity contribution in [3.8, 4) is 11.5 Å². The second-order valence-electron chi connectivity index (χ2n) is 6.64. The van der Waals surface area contributed by atoms with Gasteiger partial charge in [-0.1, -0.05) is 23.7 Å². The van der Waals surface area contributed by atoms with Crippen LogP contribution in [0.2, 0.25) is 5.02 Å². The smallest absolute Gasteiger partial charge is 0.256 e. The molecule has 2 aliphatic rings. The summed E-state index contributed by atoms with van der Waals surface area (Å²) in [6.45, 7) is 3.44. The number of anilines is 1. The van der Waals surface area contributed by atoms with Gasteiger partial charge in [0.1, 0.15) is 0 Å². The number of hydrogen-bond acceptors (Lipinski definition) is 4. The zero-order valence-corrected chi connectivity index (χ0v) is 15.6.